The van der Waals surface area contributed by atoms with Gasteiger partial charge < -0.3 is 25.0 Å². The monoisotopic (exact) mass is 437 g/mol. The average molecular weight is 437 g/mol. The summed E-state index contributed by atoms with van der Waals surface area (Å²) in [5.41, 5.74) is -2.72. The summed E-state index contributed by atoms with van der Waals surface area (Å²) in [6.07, 6.45) is 4.66. The Labute approximate surface area is 184 Å². The van der Waals surface area contributed by atoms with Crippen molar-refractivity contribution < 1.29 is 29.3 Å². The van der Waals surface area contributed by atoms with Crippen molar-refractivity contribution in [3.63, 3.8) is 0 Å². The summed E-state index contributed by atoms with van der Waals surface area (Å²) in [6, 6.07) is 8.95. The standard InChI is InChI=1S/C23H23N3O6/c1-22(2,21(29)30)13-26-20(28)18-19(27)17-8-9-23(12-24,10-14(17)11-25-18)32-16-6-4-15(31-3)5-7-16/h4-8,10-11,27H,9,13H2,1-3H3,(H,26,28)(H,29,30). The molecule has 1 amide bonds. The number of amides is 1. The van der Waals surface area contributed by atoms with Gasteiger partial charge in [0.1, 0.15) is 17.6 Å². The molecule has 0 spiro atoms. The second-order valence-corrected chi connectivity index (χ2v) is 8.03. The molecule has 1 unspecified atom stereocenters. The van der Waals surface area contributed by atoms with Crippen LogP contribution in [0.4, 0.5) is 0 Å². The van der Waals surface area contributed by atoms with Crippen molar-refractivity contribution in [3.8, 4) is 23.3 Å². The molecule has 1 aliphatic rings. The topological polar surface area (TPSA) is 142 Å². The van der Waals surface area contributed by atoms with Crippen LogP contribution < -0.4 is 25.2 Å². The van der Waals surface area contributed by atoms with E-state index in [4.69, 9.17) is 9.47 Å². The Morgan fingerprint density at radius 3 is 2.53 bits per heavy atom. The van der Waals surface area contributed by atoms with Crippen molar-refractivity contribution >= 4 is 24.0 Å². The van der Waals surface area contributed by atoms with Crippen LogP contribution in [0.3, 0.4) is 0 Å². The molecule has 166 valence electrons. The maximum Gasteiger partial charge on any atom is 0.310 e. The highest BCUT2D eigenvalue weighted by Crippen LogP contribution is 2.26. The lowest BCUT2D eigenvalue weighted by atomic mass is 9.93. The molecule has 1 heterocycles. The number of carboxylic acids is 1. The lowest BCUT2D eigenvalue weighted by Crippen LogP contribution is -2.43. The fraction of sp³-hybridized carbons (Fsp3) is 0.304. The predicted octanol–water partition coefficient (Wildman–Crippen LogP) is 0.942. The Morgan fingerprint density at radius 2 is 1.94 bits per heavy atom. The van der Waals surface area contributed by atoms with E-state index in [1.807, 2.05) is 0 Å². The largest absolute Gasteiger partial charge is 0.505 e. The van der Waals surface area contributed by atoms with Crippen molar-refractivity contribution in [3.05, 3.63) is 46.6 Å². The average Bonchev–Trinajstić information content (AvgIpc) is 2.78. The number of fused-ring (bicyclic) bond motifs is 1. The minimum Gasteiger partial charge on any atom is -0.505 e. The molecule has 32 heavy (non-hydrogen) atoms. The van der Waals surface area contributed by atoms with Gasteiger partial charge in [-0.2, -0.15) is 5.26 Å². The minimum atomic E-state index is -1.31. The molecule has 0 radical (unpaired) electrons. The third-order valence-electron chi connectivity index (χ3n) is 5.15. The number of aromatic hydroxyl groups is 1. The number of hydrogen-bond donors (Lipinski definition) is 3. The molecule has 0 bridgehead atoms. The summed E-state index contributed by atoms with van der Waals surface area (Å²) >= 11 is 0. The van der Waals surface area contributed by atoms with Crippen LogP contribution in [0.2, 0.25) is 0 Å². The number of pyridine rings is 1. The number of nitrogens with one attached hydrogen (secondary N) is 1. The van der Waals surface area contributed by atoms with Gasteiger partial charge in [0, 0.05) is 29.6 Å². The lowest BCUT2D eigenvalue weighted by molar-refractivity contribution is -0.146. The van der Waals surface area contributed by atoms with Crippen LogP contribution in [-0.2, 0) is 4.79 Å². The molecule has 0 fully saturated rings. The smallest absolute Gasteiger partial charge is 0.310 e. The van der Waals surface area contributed by atoms with Crippen LogP contribution in [0, 0.1) is 16.7 Å². The molecule has 1 aromatic heterocycles. The zero-order chi connectivity index (χ0) is 23.5. The van der Waals surface area contributed by atoms with Crippen molar-refractivity contribution in [1.82, 2.24) is 10.3 Å². The number of rotatable bonds is 7. The first kappa shape index (κ1) is 22.6. The molecule has 1 aliphatic carbocycles. The van der Waals surface area contributed by atoms with E-state index in [1.54, 1.807) is 43.5 Å². The summed E-state index contributed by atoms with van der Waals surface area (Å²) < 4.78 is 11.0. The van der Waals surface area contributed by atoms with Gasteiger partial charge >= 0.3 is 5.97 Å². The van der Waals surface area contributed by atoms with Crippen LogP contribution >= 0.6 is 0 Å². The summed E-state index contributed by atoms with van der Waals surface area (Å²) in [6.45, 7) is 2.81. The van der Waals surface area contributed by atoms with Crippen LogP contribution in [0.15, 0.2) is 30.5 Å². The predicted molar refractivity (Wildman–Crippen MR) is 114 cm³/mol. The van der Waals surface area contributed by atoms with Crippen LogP contribution in [0.25, 0.3) is 12.2 Å². The number of nitrogens with zero attached hydrogens (tertiary/aromatic N) is 2. The highest BCUT2D eigenvalue weighted by atomic mass is 16.5. The van der Waals surface area contributed by atoms with Gasteiger partial charge in [-0.1, -0.05) is 6.08 Å². The number of methoxy groups -OCH3 is 1. The van der Waals surface area contributed by atoms with Gasteiger partial charge in [-0.15, -0.1) is 0 Å². The van der Waals surface area contributed by atoms with E-state index in [2.05, 4.69) is 16.4 Å². The Bertz CT molecular complexity index is 1210. The Hall–Kier alpha value is -4.06. The van der Waals surface area contributed by atoms with Crippen molar-refractivity contribution in [2.45, 2.75) is 25.9 Å². The second-order valence-electron chi connectivity index (χ2n) is 8.03. The van der Waals surface area contributed by atoms with Gasteiger partial charge in [0.25, 0.3) is 5.91 Å². The number of aliphatic carboxylic acids is 1. The maximum absolute atomic E-state index is 12.5. The van der Waals surface area contributed by atoms with Crippen molar-refractivity contribution in [1.29, 1.82) is 5.26 Å². The molecule has 1 aromatic carbocycles. The number of carboxylic acid groups (broad SMARTS) is 1. The molecule has 0 saturated carbocycles. The zero-order valence-electron chi connectivity index (χ0n) is 17.9. The highest BCUT2D eigenvalue weighted by molar-refractivity contribution is 5.95. The van der Waals surface area contributed by atoms with Gasteiger partial charge in [-0.3, -0.25) is 9.59 Å². The number of hydrogen-bond acceptors (Lipinski definition) is 7. The number of ether oxygens (including phenoxy) is 2. The van der Waals surface area contributed by atoms with Gasteiger partial charge in [0.2, 0.25) is 5.60 Å². The summed E-state index contributed by atoms with van der Waals surface area (Å²) in [4.78, 5) is 27.7. The molecule has 1 atom stereocenters. The third kappa shape index (κ3) is 4.49. The van der Waals surface area contributed by atoms with E-state index in [9.17, 15) is 25.1 Å². The summed E-state index contributed by atoms with van der Waals surface area (Å²) in [5.74, 6) is -0.984. The number of carbonyl (C=O) groups excluding carboxylic acids is 1. The van der Waals surface area contributed by atoms with Gasteiger partial charge in [-0.25, -0.2) is 4.98 Å². The molecular weight excluding hydrogens is 414 g/mol. The quantitative estimate of drug-likeness (QED) is 0.581. The molecule has 3 rings (SSSR count). The summed E-state index contributed by atoms with van der Waals surface area (Å²) in [7, 11) is 1.55. The fourth-order valence-corrected chi connectivity index (χ4v) is 3.08. The molecule has 2 aromatic rings. The zero-order valence-corrected chi connectivity index (χ0v) is 17.9. The van der Waals surface area contributed by atoms with Crippen molar-refractivity contribution in [2.24, 2.45) is 5.41 Å². The number of aromatic nitrogens is 1. The first-order chi connectivity index (χ1) is 15.1. The first-order valence-electron chi connectivity index (χ1n) is 9.78. The Balaban J connectivity index is 1.88. The Morgan fingerprint density at radius 1 is 1.28 bits per heavy atom. The van der Waals surface area contributed by atoms with Gasteiger partial charge in [0.15, 0.2) is 11.4 Å². The van der Waals surface area contributed by atoms with E-state index < -0.39 is 22.9 Å². The van der Waals surface area contributed by atoms with Gasteiger partial charge in [0.05, 0.1) is 12.5 Å². The minimum absolute atomic E-state index is 0.132. The molecule has 0 aliphatic heterocycles. The normalized spacial score (nSPS) is 17.1. The highest BCUT2D eigenvalue weighted by Gasteiger charge is 2.32. The van der Waals surface area contributed by atoms with Crippen LogP contribution in [0.5, 0.6) is 17.2 Å². The van der Waals surface area contributed by atoms with Crippen molar-refractivity contribution in [2.75, 3.05) is 13.7 Å². The maximum atomic E-state index is 12.5. The third-order valence-corrected chi connectivity index (χ3v) is 5.15. The fourth-order valence-electron chi connectivity index (χ4n) is 3.08. The molecule has 9 heteroatoms. The lowest BCUT2D eigenvalue weighted by Gasteiger charge is -2.25. The van der Waals surface area contributed by atoms with Gasteiger partial charge in [-0.05, 0) is 44.2 Å². The van der Waals surface area contributed by atoms with E-state index >= 15 is 0 Å². The number of nitriles is 1. The van der Waals surface area contributed by atoms with Crippen LogP contribution in [-0.4, -0.2) is 46.3 Å². The molecular formula is C23H23N3O6. The SMILES string of the molecule is COc1ccc(OC2(C#N)C=c3cnc(C(=O)NCC(C)(C)C(=O)O)c(O)c3=CC2)cc1. The second kappa shape index (κ2) is 8.59. The van der Waals surface area contributed by atoms with E-state index in [0.29, 0.717) is 21.9 Å². The molecule has 0 saturated heterocycles. The van der Waals surface area contributed by atoms with E-state index in [0.717, 1.165) is 0 Å². The van der Waals surface area contributed by atoms with E-state index in [1.165, 1.54) is 20.0 Å². The summed E-state index contributed by atoms with van der Waals surface area (Å²) in [5, 5.41) is 32.8. The van der Waals surface area contributed by atoms with Crippen LogP contribution in [0.1, 0.15) is 30.8 Å². The first-order valence-corrected chi connectivity index (χ1v) is 9.78. The number of carbonyl (C=O) groups is 2. The number of benzene rings is 1. The van der Waals surface area contributed by atoms with E-state index in [-0.39, 0.29) is 24.4 Å². The molecule has 9 nitrogen and oxygen atoms in total. The Kier molecular flexibility index (Phi) is 6.07. The molecule has 3 N–H and O–H groups in total.